The average Bonchev–Trinajstić information content (AvgIpc) is 2.74. The van der Waals surface area contributed by atoms with E-state index in [9.17, 15) is 25.0 Å². The number of hydrogen-bond acceptors (Lipinski definition) is 8. The molecule has 0 spiro atoms. The molecule has 0 aliphatic heterocycles. The summed E-state index contributed by atoms with van der Waals surface area (Å²) in [6.45, 7) is 0. The fourth-order valence-corrected chi connectivity index (χ4v) is 2.36. The number of nitro benzene ring substituents is 2. The molecule has 0 atom stereocenters. The average molecular weight is 407 g/mol. The van der Waals surface area contributed by atoms with E-state index >= 15 is 0 Å². The van der Waals surface area contributed by atoms with Gasteiger partial charge in [-0.05, 0) is 35.9 Å². The summed E-state index contributed by atoms with van der Waals surface area (Å²) in [5.41, 5.74) is 2.29. The van der Waals surface area contributed by atoms with Crippen LogP contribution in [0.2, 0.25) is 0 Å². The largest absolute Gasteiger partial charge is 0.450 e. The molecule has 150 valence electrons. The lowest BCUT2D eigenvalue weighted by molar-refractivity contribution is -0.394. The summed E-state index contributed by atoms with van der Waals surface area (Å²) in [4.78, 5) is 36.3. The summed E-state index contributed by atoms with van der Waals surface area (Å²) in [7, 11) is 0. The number of non-ortho nitro benzene ring substituents is 1. The van der Waals surface area contributed by atoms with Crippen molar-refractivity contribution in [3.05, 3.63) is 98.3 Å². The molecule has 0 aliphatic carbocycles. The van der Waals surface area contributed by atoms with Crippen molar-refractivity contribution < 1.29 is 19.4 Å². The first-order valence-corrected chi connectivity index (χ1v) is 8.38. The van der Waals surface area contributed by atoms with Crippen molar-refractivity contribution in [2.75, 3.05) is 0 Å². The smallest absolute Gasteiger partial charge is 0.318 e. The van der Waals surface area contributed by atoms with Crippen LogP contribution in [0.25, 0.3) is 0 Å². The van der Waals surface area contributed by atoms with Gasteiger partial charge in [0.05, 0.1) is 27.7 Å². The van der Waals surface area contributed by atoms with E-state index in [1.165, 1.54) is 18.5 Å². The van der Waals surface area contributed by atoms with E-state index in [0.29, 0.717) is 11.1 Å². The maximum Gasteiger partial charge on any atom is 0.318 e. The standard InChI is InChI=1S/C19H13N5O6/c25-19(14-4-2-8-20-12-14)22-21-11-13-3-1-5-16(9-13)30-18-7-6-15(23(26)27)10-17(18)24(28)29/h1-12H,(H,22,25)/b21-11-. The molecule has 0 aliphatic rings. The number of hydrazone groups is 1. The molecule has 0 saturated heterocycles. The van der Waals surface area contributed by atoms with Gasteiger partial charge in [0.25, 0.3) is 11.6 Å². The first-order valence-electron chi connectivity index (χ1n) is 8.38. The second-order valence-electron chi connectivity index (χ2n) is 5.78. The first-order chi connectivity index (χ1) is 14.4. The number of nitrogens with one attached hydrogen (secondary N) is 1. The molecular formula is C19H13N5O6. The van der Waals surface area contributed by atoms with Crippen molar-refractivity contribution in [1.82, 2.24) is 10.4 Å². The van der Waals surface area contributed by atoms with E-state index in [4.69, 9.17) is 4.74 Å². The normalized spacial score (nSPS) is 10.5. The topological polar surface area (TPSA) is 150 Å². The second-order valence-corrected chi connectivity index (χ2v) is 5.78. The molecule has 11 nitrogen and oxygen atoms in total. The van der Waals surface area contributed by atoms with Crippen molar-refractivity contribution in [3.8, 4) is 11.5 Å². The number of amides is 1. The van der Waals surface area contributed by atoms with Crippen LogP contribution in [0.5, 0.6) is 11.5 Å². The quantitative estimate of drug-likeness (QED) is 0.358. The van der Waals surface area contributed by atoms with Gasteiger partial charge in [0.2, 0.25) is 5.75 Å². The van der Waals surface area contributed by atoms with Gasteiger partial charge in [-0.15, -0.1) is 0 Å². The zero-order valence-electron chi connectivity index (χ0n) is 15.2. The number of aromatic nitrogens is 1. The molecular weight excluding hydrogens is 394 g/mol. The number of ether oxygens (including phenoxy) is 1. The minimum absolute atomic E-state index is 0.149. The Morgan fingerprint density at radius 1 is 1.07 bits per heavy atom. The van der Waals surface area contributed by atoms with Crippen molar-refractivity contribution in [1.29, 1.82) is 0 Å². The van der Waals surface area contributed by atoms with Gasteiger partial charge < -0.3 is 4.74 Å². The molecule has 11 heteroatoms. The molecule has 1 N–H and O–H groups in total. The van der Waals surface area contributed by atoms with Crippen molar-refractivity contribution in [3.63, 3.8) is 0 Å². The van der Waals surface area contributed by atoms with E-state index in [-0.39, 0.29) is 11.5 Å². The van der Waals surface area contributed by atoms with Crippen LogP contribution in [0, 0.1) is 20.2 Å². The van der Waals surface area contributed by atoms with Gasteiger partial charge in [-0.2, -0.15) is 5.10 Å². The van der Waals surface area contributed by atoms with Gasteiger partial charge >= 0.3 is 5.69 Å². The fraction of sp³-hybridized carbons (Fsp3) is 0. The number of rotatable bonds is 7. The Labute approximate surface area is 168 Å². The van der Waals surface area contributed by atoms with Crippen LogP contribution in [0.1, 0.15) is 15.9 Å². The number of carbonyl (C=O) groups excluding carboxylic acids is 1. The third kappa shape index (κ3) is 4.98. The Hall–Kier alpha value is -4.67. The van der Waals surface area contributed by atoms with Crippen LogP contribution in [0.3, 0.4) is 0 Å². The molecule has 3 aromatic rings. The van der Waals surface area contributed by atoms with Gasteiger partial charge in [0.1, 0.15) is 5.75 Å². The highest BCUT2D eigenvalue weighted by Crippen LogP contribution is 2.34. The van der Waals surface area contributed by atoms with E-state index in [2.05, 4.69) is 15.5 Å². The molecule has 1 amide bonds. The second kappa shape index (κ2) is 9.01. The summed E-state index contributed by atoms with van der Waals surface area (Å²) < 4.78 is 5.52. The molecule has 2 aromatic carbocycles. The van der Waals surface area contributed by atoms with Gasteiger partial charge in [0.15, 0.2) is 0 Å². The number of hydrogen-bond donors (Lipinski definition) is 1. The molecule has 0 fully saturated rings. The molecule has 30 heavy (non-hydrogen) atoms. The minimum atomic E-state index is -0.762. The Bertz CT molecular complexity index is 1130. The maximum absolute atomic E-state index is 11.9. The highest BCUT2D eigenvalue weighted by molar-refractivity contribution is 5.94. The summed E-state index contributed by atoms with van der Waals surface area (Å²) in [5.74, 6) is -0.340. The van der Waals surface area contributed by atoms with Gasteiger partial charge in [0, 0.05) is 18.5 Å². The number of benzene rings is 2. The van der Waals surface area contributed by atoms with Crippen LogP contribution in [-0.4, -0.2) is 27.0 Å². The molecule has 0 unspecified atom stereocenters. The Kier molecular flexibility index (Phi) is 6.03. The van der Waals surface area contributed by atoms with Crippen molar-refractivity contribution in [2.45, 2.75) is 0 Å². The number of nitro groups is 2. The van der Waals surface area contributed by atoms with E-state index in [1.807, 2.05) is 0 Å². The molecule has 1 heterocycles. The van der Waals surface area contributed by atoms with Crippen molar-refractivity contribution in [2.24, 2.45) is 5.10 Å². The predicted molar refractivity (Wildman–Crippen MR) is 106 cm³/mol. The zero-order chi connectivity index (χ0) is 21.5. The lowest BCUT2D eigenvalue weighted by Crippen LogP contribution is -2.17. The lowest BCUT2D eigenvalue weighted by Gasteiger charge is -2.07. The summed E-state index contributed by atoms with van der Waals surface area (Å²) in [5, 5.41) is 25.9. The third-order valence-corrected chi connectivity index (χ3v) is 3.74. The molecule has 0 saturated carbocycles. The third-order valence-electron chi connectivity index (χ3n) is 3.74. The van der Waals surface area contributed by atoms with Crippen molar-refractivity contribution >= 4 is 23.5 Å². The maximum atomic E-state index is 11.9. The summed E-state index contributed by atoms with van der Waals surface area (Å²) in [6, 6.07) is 12.7. The minimum Gasteiger partial charge on any atom is -0.450 e. The SMILES string of the molecule is O=C(N/N=C\c1cccc(Oc2ccc([N+](=O)[O-])cc2[N+](=O)[O-])c1)c1cccnc1. The molecule has 0 radical (unpaired) electrons. The highest BCUT2D eigenvalue weighted by atomic mass is 16.6. The Morgan fingerprint density at radius 3 is 2.60 bits per heavy atom. The fourth-order valence-electron chi connectivity index (χ4n) is 2.36. The first kappa shape index (κ1) is 20.1. The van der Waals surface area contributed by atoms with Crippen LogP contribution in [0.15, 0.2) is 72.1 Å². The lowest BCUT2D eigenvalue weighted by atomic mass is 10.2. The van der Waals surface area contributed by atoms with Crippen LogP contribution in [0.4, 0.5) is 11.4 Å². The zero-order valence-corrected chi connectivity index (χ0v) is 15.2. The summed E-state index contributed by atoms with van der Waals surface area (Å²) in [6.07, 6.45) is 4.31. The van der Waals surface area contributed by atoms with Crippen LogP contribution in [-0.2, 0) is 0 Å². The number of pyridine rings is 1. The Morgan fingerprint density at radius 2 is 1.90 bits per heavy atom. The van der Waals surface area contributed by atoms with E-state index < -0.39 is 27.1 Å². The Balaban J connectivity index is 1.74. The molecule has 3 rings (SSSR count). The van der Waals surface area contributed by atoms with E-state index in [0.717, 1.165) is 18.2 Å². The van der Waals surface area contributed by atoms with Crippen LogP contribution >= 0.6 is 0 Å². The predicted octanol–water partition coefficient (Wildman–Crippen LogP) is 3.45. The summed E-state index contributed by atoms with van der Waals surface area (Å²) >= 11 is 0. The van der Waals surface area contributed by atoms with Crippen LogP contribution < -0.4 is 10.2 Å². The highest BCUT2D eigenvalue weighted by Gasteiger charge is 2.21. The molecule has 0 bridgehead atoms. The number of nitrogens with zero attached hydrogens (tertiary/aromatic N) is 4. The van der Waals surface area contributed by atoms with Gasteiger partial charge in [-0.3, -0.25) is 30.0 Å². The van der Waals surface area contributed by atoms with Gasteiger partial charge in [-0.25, -0.2) is 5.43 Å². The number of carbonyl (C=O) groups is 1. The molecule has 1 aromatic heterocycles. The van der Waals surface area contributed by atoms with E-state index in [1.54, 1.807) is 36.5 Å². The van der Waals surface area contributed by atoms with Gasteiger partial charge in [-0.1, -0.05) is 12.1 Å². The monoisotopic (exact) mass is 407 g/mol.